The number of nitrogens with zero attached hydrogens (tertiary/aromatic N) is 2. The van der Waals surface area contributed by atoms with Crippen molar-refractivity contribution < 1.29 is 9.68 Å². The minimum atomic E-state index is -0.329. The molecule has 4 nitrogen and oxygen atoms in total. The summed E-state index contributed by atoms with van der Waals surface area (Å²) in [4.78, 5) is 7.63. The first-order valence-electron chi connectivity index (χ1n) is 10.3. The summed E-state index contributed by atoms with van der Waals surface area (Å²) in [6, 6.07) is 31.3. The zero-order valence-corrected chi connectivity index (χ0v) is 17.5. The average molecular weight is 422 g/mol. The van der Waals surface area contributed by atoms with E-state index in [1.165, 1.54) is 22.3 Å². The zero-order valence-electron chi connectivity index (χ0n) is 16.7. The molecule has 31 heavy (non-hydrogen) atoms. The van der Waals surface area contributed by atoms with Crippen molar-refractivity contribution in [3.05, 3.63) is 102 Å². The molecule has 4 aromatic rings. The Labute approximate surface area is 185 Å². The summed E-state index contributed by atoms with van der Waals surface area (Å²) in [5.41, 5.74) is 4.79. The molecule has 0 saturated carbocycles. The Morgan fingerprint density at radius 3 is 2.45 bits per heavy atom. The highest BCUT2D eigenvalue weighted by Gasteiger charge is 2.45. The van der Waals surface area contributed by atoms with Crippen LogP contribution >= 0.6 is 11.8 Å². The highest BCUT2D eigenvalue weighted by molar-refractivity contribution is 8.15. The van der Waals surface area contributed by atoms with Crippen molar-refractivity contribution in [1.82, 2.24) is 0 Å². The standard InChI is InChI=1S/C25H19BN2O2S/c29-26-30-19-12-13-20-17(15-19)11-14-21-22(20)23-25(28(21)18-9-5-2-6-10-18)31-24(27-23)16-7-3-1-4-8-16/h1-15,23,25-26,29H. The zero-order chi connectivity index (χ0) is 20.8. The highest BCUT2D eigenvalue weighted by Crippen LogP contribution is 2.56. The number of rotatable bonds is 4. The Hall–Kier alpha value is -3.22. The van der Waals surface area contributed by atoms with Crippen molar-refractivity contribution >= 4 is 46.6 Å². The lowest BCUT2D eigenvalue weighted by Gasteiger charge is -2.26. The van der Waals surface area contributed by atoms with Crippen molar-refractivity contribution in [2.45, 2.75) is 11.4 Å². The molecule has 0 spiro atoms. The van der Waals surface area contributed by atoms with Crippen molar-refractivity contribution in [3.63, 3.8) is 0 Å². The molecular formula is C25H19BN2O2S. The van der Waals surface area contributed by atoms with Crippen molar-refractivity contribution in [3.8, 4) is 5.75 Å². The summed E-state index contributed by atoms with van der Waals surface area (Å²) in [6.07, 6.45) is 0. The molecule has 2 aliphatic heterocycles. The molecule has 2 aliphatic rings. The summed E-state index contributed by atoms with van der Waals surface area (Å²) >= 11 is 1.83. The molecule has 2 unspecified atom stereocenters. The van der Waals surface area contributed by atoms with E-state index in [0.717, 1.165) is 16.0 Å². The van der Waals surface area contributed by atoms with Crippen molar-refractivity contribution in [2.24, 2.45) is 4.99 Å². The maximum atomic E-state index is 9.12. The number of benzene rings is 4. The summed E-state index contributed by atoms with van der Waals surface area (Å²) < 4.78 is 5.30. The van der Waals surface area contributed by atoms with E-state index in [4.69, 9.17) is 14.7 Å². The Morgan fingerprint density at radius 2 is 1.68 bits per heavy atom. The molecule has 1 N–H and O–H groups in total. The third kappa shape index (κ3) is 3.02. The molecule has 0 bridgehead atoms. The van der Waals surface area contributed by atoms with Crippen LogP contribution in [-0.2, 0) is 0 Å². The number of hydrogen-bond donors (Lipinski definition) is 1. The topological polar surface area (TPSA) is 45.1 Å². The molecule has 6 heteroatoms. The SMILES string of the molecule is OBOc1ccc2c3c(ccc2c1)N(c1ccccc1)C1SC(c2ccccc2)=NC31. The van der Waals surface area contributed by atoms with Gasteiger partial charge in [0.15, 0.2) is 0 Å². The van der Waals surface area contributed by atoms with Gasteiger partial charge in [-0.2, -0.15) is 0 Å². The third-order valence-electron chi connectivity index (χ3n) is 5.86. The van der Waals surface area contributed by atoms with Crippen LogP contribution in [0.3, 0.4) is 0 Å². The number of anilines is 2. The van der Waals surface area contributed by atoms with Gasteiger partial charge in [-0.3, -0.25) is 4.99 Å². The molecule has 0 radical (unpaired) electrons. The van der Waals surface area contributed by atoms with Crippen LogP contribution in [0.15, 0.2) is 96.0 Å². The molecule has 0 fully saturated rings. The number of para-hydroxylation sites is 1. The van der Waals surface area contributed by atoms with Gasteiger partial charge in [0.2, 0.25) is 0 Å². The van der Waals surface area contributed by atoms with E-state index in [9.17, 15) is 0 Å². The van der Waals surface area contributed by atoms with Gasteiger partial charge in [-0.15, -0.1) is 0 Å². The van der Waals surface area contributed by atoms with Crippen LogP contribution < -0.4 is 9.55 Å². The van der Waals surface area contributed by atoms with E-state index in [1.54, 1.807) is 0 Å². The van der Waals surface area contributed by atoms with Crippen LogP contribution in [0, 0.1) is 0 Å². The van der Waals surface area contributed by atoms with E-state index in [2.05, 4.69) is 77.7 Å². The second-order valence-corrected chi connectivity index (χ2v) is 8.72. The molecule has 150 valence electrons. The Bertz CT molecular complexity index is 1300. The van der Waals surface area contributed by atoms with Gasteiger partial charge in [0.1, 0.15) is 22.2 Å². The fourth-order valence-corrected chi connectivity index (χ4v) is 5.88. The van der Waals surface area contributed by atoms with E-state index >= 15 is 0 Å². The normalized spacial score (nSPS) is 19.1. The molecule has 0 saturated heterocycles. The van der Waals surface area contributed by atoms with Crippen LogP contribution in [0.2, 0.25) is 0 Å². The first-order chi connectivity index (χ1) is 15.3. The van der Waals surface area contributed by atoms with Crippen LogP contribution in [0.5, 0.6) is 5.75 Å². The molecule has 0 amide bonds. The van der Waals surface area contributed by atoms with Gasteiger partial charge in [-0.25, -0.2) is 0 Å². The molecule has 2 heterocycles. The van der Waals surface area contributed by atoms with E-state index < -0.39 is 0 Å². The maximum absolute atomic E-state index is 9.12. The molecule has 0 aromatic heterocycles. The highest BCUT2D eigenvalue weighted by atomic mass is 32.2. The molecular weight excluding hydrogens is 403 g/mol. The predicted octanol–water partition coefficient (Wildman–Crippen LogP) is 5.19. The molecule has 2 atom stereocenters. The van der Waals surface area contributed by atoms with Gasteiger partial charge in [-0.05, 0) is 41.1 Å². The number of fused-ring (bicyclic) bond motifs is 5. The second kappa shape index (κ2) is 7.48. The lowest BCUT2D eigenvalue weighted by Crippen LogP contribution is -2.24. The van der Waals surface area contributed by atoms with Gasteiger partial charge in [0.25, 0.3) is 0 Å². The minimum absolute atomic E-state index is 0.0451. The number of thioether (sulfide) groups is 1. The Balaban J connectivity index is 1.54. The van der Waals surface area contributed by atoms with E-state index in [1.807, 2.05) is 30.0 Å². The van der Waals surface area contributed by atoms with Crippen molar-refractivity contribution in [1.29, 1.82) is 0 Å². The van der Waals surface area contributed by atoms with Crippen LogP contribution in [0.25, 0.3) is 10.8 Å². The first kappa shape index (κ1) is 18.5. The van der Waals surface area contributed by atoms with E-state index in [0.29, 0.717) is 5.75 Å². The quantitative estimate of drug-likeness (QED) is 0.460. The third-order valence-corrected chi connectivity index (χ3v) is 7.14. The number of hydrogen-bond acceptors (Lipinski definition) is 5. The summed E-state index contributed by atoms with van der Waals surface area (Å²) in [5.74, 6) is 0.665. The summed E-state index contributed by atoms with van der Waals surface area (Å²) in [7, 11) is -0.329. The monoisotopic (exact) mass is 422 g/mol. The van der Waals surface area contributed by atoms with Gasteiger partial charge in [0.05, 0.1) is 0 Å². The smallest absolute Gasteiger partial charge is 0.504 e. The Kier molecular flexibility index (Phi) is 4.48. The van der Waals surface area contributed by atoms with Crippen molar-refractivity contribution in [2.75, 3.05) is 4.90 Å². The van der Waals surface area contributed by atoms with Crippen LogP contribution in [-0.4, -0.2) is 23.1 Å². The average Bonchev–Trinajstić information content (AvgIpc) is 3.37. The summed E-state index contributed by atoms with van der Waals surface area (Å²) in [6.45, 7) is 0. The Morgan fingerprint density at radius 1 is 0.903 bits per heavy atom. The molecule has 0 aliphatic carbocycles. The fourth-order valence-electron chi connectivity index (χ4n) is 4.54. The predicted molar refractivity (Wildman–Crippen MR) is 130 cm³/mol. The largest absolute Gasteiger partial charge is 0.539 e. The summed E-state index contributed by atoms with van der Waals surface area (Å²) in [5, 5.41) is 12.6. The first-order valence-corrected chi connectivity index (χ1v) is 11.2. The van der Waals surface area contributed by atoms with Gasteiger partial charge >= 0.3 is 7.69 Å². The van der Waals surface area contributed by atoms with E-state index in [-0.39, 0.29) is 19.1 Å². The van der Waals surface area contributed by atoms with Gasteiger partial charge in [-0.1, -0.05) is 72.4 Å². The lowest BCUT2D eigenvalue weighted by molar-refractivity contribution is 0.454. The molecule has 6 rings (SSSR count). The number of aliphatic imine (C=N–C) groups is 1. The molecule has 4 aromatic carbocycles. The minimum Gasteiger partial charge on any atom is -0.539 e. The lowest BCUT2D eigenvalue weighted by atomic mass is 9.99. The van der Waals surface area contributed by atoms with Crippen LogP contribution in [0.1, 0.15) is 17.2 Å². The van der Waals surface area contributed by atoms with Crippen LogP contribution in [0.4, 0.5) is 11.4 Å². The maximum Gasteiger partial charge on any atom is 0.504 e. The van der Waals surface area contributed by atoms with Gasteiger partial charge in [0, 0.05) is 22.5 Å². The fraction of sp³-hybridized carbons (Fsp3) is 0.0800. The second-order valence-electron chi connectivity index (χ2n) is 7.61. The van der Waals surface area contributed by atoms with Gasteiger partial charge < -0.3 is 14.6 Å².